The van der Waals surface area contributed by atoms with Crippen LogP contribution in [0.3, 0.4) is 0 Å². The van der Waals surface area contributed by atoms with Crippen molar-refractivity contribution < 1.29 is 24.2 Å². The van der Waals surface area contributed by atoms with Crippen molar-refractivity contribution in [3.05, 3.63) is 68.3 Å². The summed E-state index contributed by atoms with van der Waals surface area (Å²) in [5.41, 5.74) is 3.37. The Morgan fingerprint density at radius 1 is 1.16 bits per heavy atom. The summed E-state index contributed by atoms with van der Waals surface area (Å²) in [4.78, 5) is 32.0. The number of ketones is 1. The molecule has 1 saturated carbocycles. The van der Waals surface area contributed by atoms with Gasteiger partial charge >= 0.3 is 5.97 Å². The molecule has 4 rings (SSSR count). The van der Waals surface area contributed by atoms with Crippen molar-refractivity contribution in [2.75, 3.05) is 13.2 Å². The van der Waals surface area contributed by atoms with E-state index in [0.717, 1.165) is 11.3 Å². The molecule has 0 amide bonds. The lowest BCUT2D eigenvalue weighted by atomic mass is 9.66. The Labute approximate surface area is 230 Å². The number of carbonyl (C=O) groups is 2. The van der Waals surface area contributed by atoms with Crippen LogP contribution < -0.4 is 4.74 Å². The predicted molar refractivity (Wildman–Crippen MR) is 148 cm³/mol. The minimum absolute atomic E-state index is 0.0127. The van der Waals surface area contributed by atoms with Gasteiger partial charge in [-0.2, -0.15) is 0 Å². The van der Waals surface area contributed by atoms with Gasteiger partial charge in [-0.15, -0.1) is 0 Å². The van der Waals surface area contributed by atoms with Crippen LogP contribution in [0.25, 0.3) is 0 Å². The highest BCUT2D eigenvalue weighted by Crippen LogP contribution is 2.48. The van der Waals surface area contributed by atoms with E-state index in [4.69, 9.17) is 26.1 Å². The zero-order chi connectivity index (χ0) is 26.9. The fraction of sp³-hybridized carbons (Fsp3) is 0.414. The number of ether oxygens (including phenoxy) is 2. The lowest BCUT2D eigenvalue weighted by molar-refractivity contribution is -0.140. The van der Waals surface area contributed by atoms with Crippen molar-refractivity contribution in [1.82, 2.24) is 0 Å². The Morgan fingerprint density at radius 2 is 1.86 bits per heavy atom. The molecule has 1 heterocycles. The molecule has 0 saturated heterocycles. The molecule has 37 heavy (non-hydrogen) atoms. The van der Waals surface area contributed by atoms with Gasteiger partial charge < -0.3 is 14.6 Å². The predicted octanol–water partition coefficient (Wildman–Crippen LogP) is 6.98. The summed E-state index contributed by atoms with van der Waals surface area (Å²) in [6.45, 7) is 8.17. The van der Waals surface area contributed by atoms with Gasteiger partial charge in [0.05, 0.1) is 29.2 Å². The number of nitrogens with zero attached hydrogens (tertiary/aromatic N) is 1. The lowest BCUT2D eigenvalue weighted by Crippen LogP contribution is -2.41. The van der Waals surface area contributed by atoms with Crippen LogP contribution in [0.1, 0.15) is 63.5 Å². The zero-order valence-corrected chi connectivity index (χ0v) is 23.7. The molecule has 1 aliphatic carbocycles. The first-order valence-electron chi connectivity index (χ1n) is 12.5. The van der Waals surface area contributed by atoms with Crippen LogP contribution in [0.4, 0.5) is 0 Å². The first kappa shape index (κ1) is 27.4. The minimum Gasteiger partial charge on any atom is -0.503 e. The largest absolute Gasteiger partial charge is 0.503 e. The molecule has 0 aromatic heterocycles. The van der Waals surface area contributed by atoms with Gasteiger partial charge in [-0.25, -0.2) is 4.79 Å². The quantitative estimate of drug-likeness (QED) is 0.353. The molecular weight excluding hydrogens is 558 g/mol. The number of Topliss-reactive ketones (excluding diaryl/α,β-unsaturated/α-hetero) is 1. The Balaban J connectivity index is 1.81. The number of aromatic hydroxyl groups is 1. The van der Waals surface area contributed by atoms with Crippen LogP contribution in [0.2, 0.25) is 5.02 Å². The standard InChI is InChI=1S/C29H31BrClNO5/c1-5-36-24-13-19(10-21(30)28(24)34)26-25(29(35)37-14-15(2)3)16(4)32-22-11-18(12-23(33)27(22)26)17-6-8-20(31)9-7-17/h6-10,13,15,18,26-27,34H,5,11-12,14H2,1-4H3. The van der Waals surface area contributed by atoms with Crippen molar-refractivity contribution in [3.63, 3.8) is 0 Å². The lowest BCUT2D eigenvalue weighted by Gasteiger charge is -2.38. The average Bonchev–Trinajstić information content (AvgIpc) is 2.84. The number of carbonyl (C=O) groups excluding carboxylic acids is 2. The number of fused-ring (bicyclic) bond motifs is 1. The minimum atomic E-state index is -0.611. The summed E-state index contributed by atoms with van der Waals surface area (Å²) in [6, 6.07) is 11.0. The number of aliphatic imine (C=N–C) groups is 1. The van der Waals surface area contributed by atoms with E-state index in [0.29, 0.717) is 45.8 Å². The number of allylic oxidation sites excluding steroid dienone is 1. The summed E-state index contributed by atoms with van der Waals surface area (Å²) in [7, 11) is 0. The maximum atomic E-state index is 13.8. The third-order valence-electron chi connectivity index (χ3n) is 6.77. The Bertz CT molecular complexity index is 1270. The van der Waals surface area contributed by atoms with E-state index < -0.39 is 17.8 Å². The Hall–Kier alpha value is -2.64. The molecule has 0 spiro atoms. The molecule has 196 valence electrons. The first-order chi connectivity index (χ1) is 17.6. The molecule has 1 aliphatic heterocycles. The van der Waals surface area contributed by atoms with E-state index in [2.05, 4.69) is 15.9 Å². The van der Waals surface area contributed by atoms with Crippen molar-refractivity contribution in [1.29, 1.82) is 0 Å². The number of phenolic OH excluding ortho intramolecular Hbond substituents is 1. The van der Waals surface area contributed by atoms with Crippen molar-refractivity contribution in [2.45, 2.75) is 52.4 Å². The SMILES string of the molecule is CCOc1cc(C2C(C(=O)OCC(C)C)=C(C)N=C3CC(c4ccc(Cl)cc4)CC(=O)C32)cc(Br)c1O. The zero-order valence-electron chi connectivity index (χ0n) is 21.4. The molecule has 8 heteroatoms. The van der Waals surface area contributed by atoms with E-state index in [1.54, 1.807) is 19.1 Å². The number of rotatable bonds is 7. The third kappa shape index (κ3) is 5.78. The van der Waals surface area contributed by atoms with Crippen LogP contribution in [0.5, 0.6) is 11.5 Å². The summed E-state index contributed by atoms with van der Waals surface area (Å²) >= 11 is 9.49. The maximum absolute atomic E-state index is 13.8. The van der Waals surface area contributed by atoms with Crippen molar-refractivity contribution in [2.24, 2.45) is 16.8 Å². The van der Waals surface area contributed by atoms with Gasteiger partial charge in [-0.1, -0.05) is 37.6 Å². The monoisotopic (exact) mass is 587 g/mol. The summed E-state index contributed by atoms with van der Waals surface area (Å²) in [6.07, 6.45) is 0.921. The van der Waals surface area contributed by atoms with E-state index in [1.165, 1.54) is 0 Å². The molecule has 3 atom stereocenters. The van der Waals surface area contributed by atoms with Gasteiger partial charge in [0.1, 0.15) is 5.78 Å². The first-order valence-corrected chi connectivity index (χ1v) is 13.7. The highest BCUT2D eigenvalue weighted by Gasteiger charge is 2.46. The molecule has 0 radical (unpaired) electrons. The van der Waals surface area contributed by atoms with E-state index in [1.807, 2.05) is 45.0 Å². The molecule has 2 aromatic carbocycles. The smallest absolute Gasteiger partial charge is 0.336 e. The second-order valence-corrected chi connectivity index (χ2v) is 11.2. The number of benzene rings is 2. The van der Waals surface area contributed by atoms with Crippen LogP contribution in [0.15, 0.2) is 57.1 Å². The molecule has 0 bridgehead atoms. The number of esters is 1. The normalized spacial score (nSPS) is 21.5. The Kier molecular flexibility index (Phi) is 8.44. The fourth-order valence-corrected chi connectivity index (χ4v) is 5.72. The molecule has 2 aromatic rings. The van der Waals surface area contributed by atoms with Crippen LogP contribution in [-0.4, -0.2) is 35.8 Å². The topological polar surface area (TPSA) is 85.2 Å². The van der Waals surface area contributed by atoms with Gasteiger partial charge in [-0.3, -0.25) is 9.79 Å². The van der Waals surface area contributed by atoms with E-state index >= 15 is 0 Å². The molecular formula is C29H31BrClNO5. The molecule has 1 N–H and O–H groups in total. The number of hydrogen-bond donors (Lipinski definition) is 1. The summed E-state index contributed by atoms with van der Waals surface area (Å²) in [5.74, 6) is -1.29. The molecule has 3 unspecified atom stereocenters. The van der Waals surface area contributed by atoms with Crippen molar-refractivity contribution >= 4 is 45.0 Å². The van der Waals surface area contributed by atoms with E-state index in [9.17, 15) is 14.7 Å². The summed E-state index contributed by atoms with van der Waals surface area (Å²) in [5, 5.41) is 11.2. The molecule has 1 fully saturated rings. The van der Waals surface area contributed by atoms with Crippen LogP contribution >= 0.6 is 27.5 Å². The third-order valence-corrected chi connectivity index (χ3v) is 7.63. The van der Waals surface area contributed by atoms with Gasteiger partial charge in [0, 0.05) is 28.8 Å². The molecule has 2 aliphatic rings. The van der Waals surface area contributed by atoms with Gasteiger partial charge in [0.25, 0.3) is 0 Å². The fourth-order valence-electron chi connectivity index (χ4n) is 5.13. The van der Waals surface area contributed by atoms with Crippen molar-refractivity contribution in [3.8, 4) is 11.5 Å². The van der Waals surface area contributed by atoms with Crippen LogP contribution in [-0.2, 0) is 14.3 Å². The van der Waals surface area contributed by atoms with Crippen LogP contribution in [0, 0.1) is 11.8 Å². The highest BCUT2D eigenvalue weighted by atomic mass is 79.9. The number of hydrogen-bond acceptors (Lipinski definition) is 6. The maximum Gasteiger partial charge on any atom is 0.336 e. The second kappa shape index (κ2) is 11.4. The number of phenols is 1. The van der Waals surface area contributed by atoms with Gasteiger partial charge in [-0.05, 0) is 83.4 Å². The second-order valence-electron chi connectivity index (χ2n) is 9.96. The average molecular weight is 589 g/mol. The van der Waals surface area contributed by atoms with Gasteiger partial charge in [0.2, 0.25) is 0 Å². The Morgan fingerprint density at radius 3 is 2.51 bits per heavy atom. The highest BCUT2D eigenvalue weighted by molar-refractivity contribution is 9.10. The summed E-state index contributed by atoms with van der Waals surface area (Å²) < 4.78 is 11.7. The number of halogens is 2. The van der Waals surface area contributed by atoms with Gasteiger partial charge in [0.15, 0.2) is 11.5 Å². The van der Waals surface area contributed by atoms with E-state index in [-0.39, 0.29) is 35.7 Å². The molecule has 6 nitrogen and oxygen atoms in total.